The summed E-state index contributed by atoms with van der Waals surface area (Å²) in [5.41, 5.74) is 1.68. The molecule has 3 heteroatoms. The van der Waals surface area contributed by atoms with Gasteiger partial charge in [-0.1, -0.05) is 12.1 Å². The highest BCUT2D eigenvalue weighted by atomic mass is 16.6. The van der Waals surface area contributed by atoms with Gasteiger partial charge in [0, 0.05) is 0 Å². The Morgan fingerprint density at radius 2 is 2.00 bits per heavy atom. The summed E-state index contributed by atoms with van der Waals surface area (Å²) in [4.78, 5) is 0. The smallest absolute Gasteiger partial charge is 0.155 e. The van der Waals surface area contributed by atoms with E-state index in [9.17, 15) is 5.11 Å². The molecule has 15 heavy (non-hydrogen) atoms. The average Bonchev–Trinajstić information content (AvgIpc) is 2.29. The van der Waals surface area contributed by atoms with E-state index < -0.39 is 6.29 Å². The van der Waals surface area contributed by atoms with Crippen molar-refractivity contribution in [2.24, 2.45) is 0 Å². The molecule has 1 aliphatic rings. The first-order chi connectivity index (χ1) is 7.29. The summed E-state index contributed by atoms with van der Waals surface area (Å²) in [6.45, 7) is 0. The molecule has 3 nitrogen and oxygen atoms in total. The summed E-state index contributed by atoms with van der Waals surface area (Å²) >= 11 is 0. The first kappa shape index (κ1) is 10.2. The van der Waals surface area contributed by atoms with Gasteiger partial charge >= 0.3 is 0 Å². The molecule has 1 aliphatic heterocycles. The van der Waals surface area contributed by atoms with Gasteiger partial charge in [0.15, 0.2) is 6.29 Å². The van der Waals surface area contributed by atoms with Crippen LogP contribution >= 0.6 is 0 Å². The van der Waals surface area contributed by atoms with Gasteiger partial charge in [0.2, 0.25) is 0 Å². The maximum Gasteiger partial charge on any atom is 0.155 e. The molecule has 1 aromatic carbocycles. The van der Waals surface area contributed by atoms with Crippen molar-refractivity contribution < 1.29 is 9.84 Å². The van der Waals surface area contributed by atoms with Crippen LogP contribution in [0.2, 0.25) is 0 Å². The molecule has 0 bridgehead atoms. The first-order valence-corrected chi connectivity index (χ1v) is 5.13. The molecule has 0 saturated carbocycles. The molecular weight excluding hydrogens is 190 g/mol. The Hall–Kier alpha value is -1.37. The number of ether oxygens (including phenoxy) is 1. The predicted molar refractivity (Wildman–Crippen MR) is 54.8 cm³/mol. The second-order valence-electron chi connectivity index (χ2n) is 3.74. The molecule has 1 N–H and O–H groups in total. The van der Waals surface area contributed by atoms with Gasteiger partial charge in [0.05, 0.1) is 17.7 Å². The van der Waals surface area contributed by atoms with Crippen LogP contribution in [0.3, 0.4) is 0 Å². The van der Waals surface area contributed by atoms with Gasteiger partial charge in [-0.15, -0.1) is 0 Å². The van der Waals surface area contributed by atoms with Gasteiger partial charge in [-0.2, -0.15) is 5.26 Å². The summed E-state index contributed by atoms with van der Waals surface area (Å²) in [7, 11) is 0. The molecule has 78 valence electrons. The Morgan fingerprint density at radius 3 is 2.60 bits per heavy atom. The maximum atomic E-state index is 9.37. The van der Waals surface area contributed by atoms with Crippen LogP contribution < -0.4 is 0 Å². The van der Waals surface area contributed by atoms with E-state index in [1.54, 1.807) is 12.1 Å². The molecule has 0 amide bonds. The molecule has 0 aromatic heterocycles. The third-order valence-electron chi connectivity index (χ3n) is 2.65. The Morgan fingerprint density at radius 1 is 1.27 bits per heavy atom. The SMILES string of the molecule is N#Cc1ccc(C2CCCC(O)O2)cc1. The van der Waals surface area contributed by atoms with E-state index in [1.807, 2.05) is 12.1 Å². The highest BCUT2D eigenvalue weighted by Gasteiger charge is 2.21. The highest BCUT2D eigenvalue weighted by Crippen LogP contribution is 2.30. The normalized spacial score (nSPS) is 25.9. The fourth-order valence-corrected chi connectivity index (χ4v) is 1.82. The van der Waals surface area contributed by atoms with Crippen LogP contribution in [0.25, 0.3) is 0 Å². The third kappa shape index (κ3) is 2.35. The van der Waals surface area contributed by atoms with E-state index in [0.717, 1.165) is 18.4 Å². The van der Waals surface area contributed by atoms with Crippen LogP contribution in [0.15, 0.2) is 24.3 Å². The quantitative estimate of drug-likeness (QED) is 0.760. The second kappa shape index (κ2) is 4.43. The minimum atomic E-state index is -0.639. The zero-order chi connectivity index (χ0) is 10.7. The Balaban J connectivity index is 2.12. The first-order valence-electron chi connectivity index (χ1n) is 5.13. The van der Waals surface area contributed by atoms with Gasteiger partial charge in [-0.25, -0.2) is 0 Å². The van der Waals surface area contributed by atoms with Crippen molar-refractivity contribution in [2.75, 3.05) is 0 Å². The summed E-state index contributed by atoms with van der Waals surface area (Å²) in [5, 5.41) is 18.0. The molecule has 2 rings (SSSR count). The van der Waals surface area contributed by atoms with Crippen LogP contribution in [0.4, 0.5) is 0 Å². The fraction of sp³-hybridized carbons (Fsp3) is 0.417. The predicted octanol–water partition coefficient (Wildman–Crippen LogP) is 2.12. The summed E-state index contributed by atoms with van der Waals surface area (Å²) < 4.78 is 5.42. The summed E-state index contributed by atoms with van der Waals surface area (Å²) in [6, 6.07) is 9.41. The summed E-state index contributed by atoms with van der Waals surface area (Å²) in [6.07, 6.45) is 1.96. The van der Waals surface area contributed by atoms with Gasteiger partial charge in [0.25, 0.3) is 0 Å². The molecule has 0 aliphatic carbocycles. The van der Waals surface area contributed by atoms with E-state index in [-0.39, 0.29) is 6.10 Å². The van der Waals surface area contributed by atoms with E-state index in [0.29, 0.717) is 12.0 Å². The minimum absolute atomic E-state index is 0.0264. The molecule has 1 heterocycles. The van der Waals surface area contributed by atoms with E-state index in [2.05, 4.69) is 6.07 Å². The standard InChI is InChI=1S/C12H13NO2/c13-8-9-4-6-10(7-5-9)11-2-1-3-12(14)15-11/h4-7,11-12,14H,1-3H2. The summed E-state index contributed by atoms with van der Waals surface area (Å²) in [5.74, 6) is 0. The zero-order valence-corrected chi connectivity index (χ0v) is 8.39. The van der Waals surface area contributed by atoms with Gasteiger partial charge in [-0.05, 0) is 37.0 Å². The largest absolute Gasteiger partial charge is 0.368 e. The third-order valence-corrected chi connectivity index (χ3v) is 2.65. The van der Waals surface area contributed by atoms with Crippen LogP contribution in [-0.2, 0) is 4.74 Å². The number of nitrogens with zero attached hydrogens (tertiary/aromatic N) is 1. The second-order valence-corrected chi connectivity index (χ2v) is 3.74. The number of aliphatic hydroxyl groups is 1. The monoisotopic (exact) mass is 203 g/mol. The van der Waals surface area contributed by atoms with E-state index in [4.69, 9.17) is 10.00 Å². The molecule has 0 radical (unpaired) electrons. The van der Waals surface area contributed by atoms with E-state index in [1.165, 1.54) is 0 Å². The lowest BCUT2D eigenvalue weighted by Crippen LogP contribution is -2.21. The highest BCUT2D eigenvalue weighted by molar-refractivity contribution is 5.32. The van der Waals surface area contributed by atoms with Crippen molar-refractivity contribution in [1.82, 2.24) is 0 Å². The van der Waals surface area contributed by atoms with Gasteiger partial charge < -0.3 is 9.84 Å². The fourth-order valence-electron chi connectivity index (χ4n) is 1.82. The molecule has 0 spiro atoms. The molecule has 1 fully saturated rings. The van der Waals surface area contributed by atoms with Gasteiger partial charge in [0.1, 0.15) is 0 Å². The van der Waals surface area contributed by atoms with Crippen molar-refractivity contribution in [2.45, 2.75) is 31.7 Å². The topological polar surface area (TPSA) is 53.2 Å². The minimum Gasteiger partial charge on any atom is -0.368 e. The van der Waals surface area contributed by atoms with Crippen molar-refractivity contribution >= 4 is 0 Å². The van der Waals surface area contributed by atoms with Crippen LogP contribution in [-0.4, -0.2) is 11.4 Å². The molecule has 1 saturated heterocycles. The Kier molecular flexibility index (Phi) is 3.00. The lowest BCUT2D eigenvalue weighted by molar-refractivity contribution is -0.164. The van der Waals surface area contributed by atoms with Crippen LogP contribution in [0.1, 0.15) is 36.5 Å². The van der Waals surface area contributed by atoms with Crippen molar-refractivity contribution in [1.29, 1.82) is 5.26 Å². The molecular formula is C12H13NO2. The van der Waals surface area contributed by atoms with Crippen LogP contribution in [0, 0.1) is 11.3 Å². The lowest BCUT2D eigenvalue weighted by Gasteiger charge is -2.27. The number of hydrogen-bond acceptors (Lipinski definition) is 3. The number of hydrogen-bond donors (Lipinski definition) is 1. The van der Waals surface area contributed by atoms with Crippen LogP contribution in [0.5, 0.6) is 0 Å². The van der Waals surface area contributed by atoms with Crippen molar-refractivity contribution in [3.63, 3.8) is 0 Å². The number of benzene rings is 1. The Bertz CT molecular complexity index is 366. The molecule has 1 aromatic rings. The maximum absolute atomic E-state index is 9.37. The zero-order valence-electron chi connectivity index (χ0n) is 8.39. The number of rotatable bonds is 1. The lowest BCUT2D eigenvalue weighted by atomic mass is 10.00. The van der Waals surface area contributed by atoms with E-state index >= 15 is 0 Å². The number of nitriles is 1. The van der Waals surface area contributed by atoms with Crippen molar-refractivity contribution in [3.8, 4) is 6.07 Å². The molecule has 2 unspecified atom stereocenters. The van der Waals surface area contributed by atoms with Gasteiger partial charge in [-0.3, -0.25) is 0 Å². The number of aliphatic hydroxyl groups excluding tert-OH is 1. The van der Waals surface area contributed by atoms with Crippen molar-refractivity contribution in [3.05, 3.63) is 35.4 Å². The molecule has 2 atom stereocenters. The Labute approximate surface area is 88.9 Å². The average molecular weight is 203 g/mol.